The second-order valence-electron chi connectivity index (χ2n) is 6.11. The summed E-state index contributed by atoms with van der Waals surface area (Å²) >= 11 is 0. The molecule has 6 heteroatoms. The van der Waals surface area contributed by atoms with Gasteiger partial charge in [-0.3, -0.25) is 9.59 Å². The molecule has 0 aromatic heterocycles. The van der Waals surface area contributed by atoms with Gasteiger partial charge in [0.15, 0.2) is 0 Å². The van der Waals surface area contributed by atoms with E-state index in [0.29, 0.717) is 0 Å². The number of fused-ring (bicyclic) bond motifs is 9. The van der Waals surface area contributed by atoms with E-state index in [0.717, 1.165) is 12.8 Å². The van der Waals surface area contributed by atoms with Gasteiger partial charge in [0, 0.05) is 11.8 Å². The number of esters is 2. The van der Waals surface area contributed by atoms with Gasteiger partial charge in [-0.25, -0.2) is 0 Å². The van der Waals surface area contributed by atoms with Crippen LogP contribution in [0.2, 0.25) is 0 Å². The Hall–Kier alpha value is -1.14. The Morgan fingerprint density at radius 3 is 1.70 bits per heavy atom. The van der Waals surface area contributed by atoms with Crippen LogP contribution >= 0.6 is 0 Å². The molecule has 4 aliphatic heterocycles. The highest BCUT2D eigenvalue weighted by Crippen LogP contribution is 2.60. The van der Waals surface area contributed by atoms with E-state index < -0.39 is 11.8 Å². The molecule has 4 aliphatic rings. The summed E-state index contributed by atoms with van der Waals surface area (Å²) in [6, 6.07) is 0. The van der Waals surface area contributed by atoms with Gasteiger partial charge >= 0.3 is 11.9 Å². The Labute approximate surface area is 116 Å². The van der Waals surface area contributed by atoms with E-state index >= 15 is 0 Å². The van der Waals surface area contributed by atoms with Crippen molar-refractivity contribution >= 4 is 11.9 Å². The fourth-order valence-electron chi connectivity index (χ4n) is 4.87. The molecule has 4 bridgehead atoms. The number of hydrogen-bond acceptors (Lipinski definition) is 6. The predicted molar refractivity (Wildman–Crippen MR) is 64.5 cm³/mol. The first-order chi connectivity index (χ1) is 9.67. The summed E-state index contributed by atoms with van der Waals surface area (Å²) in [5, 5.41) is 0. The Balaban J connectivity index is 1.70. The lowest BCUT2D eigenvalue weighted by atomic mass is 9.63. The molecule has 2 unspecified atom stereocenters. The monoisotopic (exact) mass is 282 g/mol. The molecule has 0 aromatic rings. The van der Waals surface area contributed by atoms with Crippen LogP contribution in [0.15, 0.2) is 0 Å². The summed E-state index contributed by atoms with van der Waals surface area (Å²) < 4.78 is 21.7. The van der Waals surface area contributed by atoms with Crippen LogP contribution in [0, 0.1) is 23.7 Å². The standard InChI is InChI=1S/C14H18O6/c1-17-13(15)9-10(14(16)18-2)12-8-6-4-3-5(19-6)7(8)11(9)20-12/h5-12H,3-4H2,1-2H3/t5-,6+,7+,8-,9?,10?,11+,12-. The van der Waals surface area contributed by atoms with Gasteiger partial charge < -0.3 is 18.9 Å². The molecule has 4 fully saturated rings. The average Bonchev–Trinajstić information content (AvgIpc) is 3.20. The highest BCUT2D eigenvalue weighted by atomic mass is 16.6. The van der Waals surface area contributed by atoms with Crippen molar-refractivity contribution in [1.29, 1.82) is 0 Å². The minimum absolute atomic E-state index is 0.172. The van der Waals surface area contributed by atoms with E-state index in [-0.39, 0.29) is 48.2 Å². The first-order valence-corrected chi connectivity index (χ1v) is 7.14. The number of methoxy groups -OCH3 is 2. The summed E-state index contributed by atoms with van der Waals surface area (Å²) in [5.41, 5.74) is 0. The Bertz CT molecular complexity index is 423. The van der Waals surface area contributed by atoms with Crippen LogP contribution in [0.1, 0.15) is 12.8 Å². The van der Waals surface area contributed by atoms with Gasteiger partial charge in [-0.05, 0) is 12.8 Å². The topological polar surface area (TPSA) is 71.1 Å². The largest absolute Gasteiger partial charge is 0.469 e. The molecule has 4 saturated heterocycles. The van der Waals surface area contributed by atoms with Crippen molar-refractivity contribution in [1.82, 2.24) is 0 Å². The van der Waals surface area contributed by atoms with Crippen LogP contribution in [0.5, 0.6) is 0 Å². The van der Waals surface area contributed by atoms with Crippen molar-refractivity contribution < 1.29 is 28.5 Å². The lowest BCUT2D eigenvalue weighted by molar-refractivity contribution is -0.159. The van der Waals surface area contributed by atoms with Crippen LogP contribution < -0.4 is 0 Å². The second kappa shape index (κ2) is 4.18. The molecule has 110 valence electrons. The molecule has 4 rings (SSSR count). The summed E-state index contributed by atoms with van der Waals surface area (Å²) in [6.07, 6.45) is 1.86. The van der Waals surface area contributed by atoms with E-state index in [2.05, 4.69) is 0 Å². The maximum absolute atomic E-state index is 12.1. The lowest BCUT2D eigenvalue weighted by Gasteiger charge is -2.35. The van der Waals surface area contributed by atoms with Gasteiger partial charge in [0.05, 0.1) is 50.5 Å². The zero-order chi connectivity index (χ0) is 14.0. The molecule has 0 spiro atoms. The summed E-state index contributed by atoms with van der Waals surface area (Å²) in [5.74, 6) is -1.42. The normalized spacial score (nSPS) is 51.1. The van der Waals surface area contributed by atoms with Gasteiger partial charge in [0.1, 0.15) is 0 Å². The van der Waals surface area contributed by atoms with E-state index in [9.17, 15) is 9.59 Å². The third-order valence-electron chi connectivity index (χ3n) is 5.50. The molecule has 0 saturated carbocycles. The van der Waals surface area contributed by atoms with E-state index in [1.54, 1.807) is 0 Å². The Morgan fingerprint density at radius 1 is 0.850 bits per heavy atom. The van der Waals surface area contributed by atoms with Gasteiger partial charge in [0.2, 0.25) is 0 Å². The molecular weight excluding hydrogens is 264 g/mol. The molecule has 0 N–H and O–H groups in total. The SMILES string of the molecule is COC(=O)C1C(C(=O)OC)[C@@H]2O[C@H]1[C@@H]1[C@H]2[C@@H]2CC[C@H]1O2. The Kier molecular flexibility index (Phi) is 2.63. The molecule has 0 aliphatic carbocycles. The van der Waals surface area contributed by atoms with Crippen molar-refractivity contribution in [2.45, 2.75) is 37.3 Å². The smallest absolute Gasteiger partial charge is 0.312 e. The number of carbonyl (C=O) groups is 2. The third kappa shape index (κ3) is 1.36. The van der Waals surface area contributed by atoms with Gasteiger partial charge in [-0.2, -0.15) is 0 Å². The summed E-state index contributed by atoms with van der Waals surface area (Å²) in [6.45, 7) is 0. The first kappa shape index (κ1) is 12.6. The zero-order valence-electron chi connectivity index (χ0n) is 11.5. The van der Waals surface area contributed by atoms with Crippen molar-refractivity contribution in [3.8, 4) is 0 Å². The fraction of sp³-hybridized carbons (Fsp3) is 0.857. The van der Waals surface area contributed by atoms with Crippen molar-refractivity contribution in [2.75, 3.05) is 14.2 Å². The van der Waals surface area contributed by atoms with Crippen LogP contribution in [-0.2, 0) is 28.5 Å². The summed E-state index contributed by atoms with van der Waals surface area (Å²) in [7, 11) is 2.69. The molecule has 20 heavy (non-hydrogen) atoms. The fourth-order valence-corrected chi connectivity index (χ4v) is 4.87. The average molecular weight is 282 g/mol. The third-order valence-corrected chi connectivity index (χ3v) is 5.50. The van der Waals surface area contributed by atoms with Gasteiger partial charge in [0.25, 0.3) is 0 Å². The van der Waals surface area contributed by atoms with E-state index in [1.807, 2.05) is 0 Å². The predicted octanol–water partition coefficient (Wildman–Crippen LogP) is 0.139. The minimum Gasteiger partial charge on any atom is -0.469 e. The maximum atomic E-state index is 12.1. The minimum atomic E-state index is -0.554. The van der Waals surface area contributed by atoms with Crippen molar-refractivity contribution in [3.63, 3.8) is 0 Å². The van der Waals surface area contributed by atoms with Crippen molar-refractivity contribution in [3.05, 3.63) is 0 Å². The van der Waals surface area contributed by atoms with Crippen LogP contribution in [0.3, 0.4) is 0 Å². The lowest BCUT2D eigenvalue weighted by Crippen LogP contribution is -2.50. The van der Waals surface area contributed by atoms with Crippen molar-refractivity contribution in [2.24, 2.45) is 23.7 Å². The Morgan fingerprint density at radius 2 is 1.30 bits per heavy atom. The van der Waals surface area contributed by atoms with Gasteiger partial charge in [-0.1, -0.05) is 0 Å². The maximum Gasteiger partial charge on any atom is 0.312 e. The zero-order valence-corrected chi connectivity index (χ0v) is 11.5. The molecule has 8 atom stereocenters. The second-order valence-corrected chi connectivity index (χ2v) is 6.11. The molecule has 4 heterocycles. The molecular formula is C14H18O6. The number of ether oxygens (including phenoxy) is 4. The quantitative estimate of drug-likeness (QED) is 0.671. The van der Waals surface area contributed by atoms with Crippen LogP contribution in [-0.4, -0.2) is 50.6 Å². The summed E-state index contributed by atoms with van der Waals surface area (Å²) in [4.78, 5) is 24.2. The molecule has 0 aromatic carbocycles. The highest BCUT2D eigenvalue weighted by Gasteiger charge is 2.71. The first-order valence-electron chi connectivity index (χ1n) is 7.14. The molecule has 6 nitrogen and oxygen atoms in total. The number of hydrogen-bond donors (Lipinski definition) is 0. The molecule has 0 amide bonds. The molecule has 0 radical (unpaired) electrons. The highest BCUT2D eigenvalue weighted by molar-refractivity contribution is 5.84. The van der Waals surface area contributed by atoms with Gasteiger partial charge in [-0.15, -0.1) is 0 Å². The van der Waals surface area contributed by atoms with E-state index in [1.165, 1.54) is 14.2 Å². The van der Waals surface area contributed by atoms with Crippen LogP contribution in [0.4, 0.5) is 0 Å². The van der Waals surface area contributed by atoms with E-state index in [4.69, 9.17) is 18.9 Å². The number of rotatable bonds is 2. The number of carbonyl (C=O) groups excluding carboxylic acids is 2. The van der Waals surface area contributed by atoms with Crippen LogP contribution in [0.25, 0.3) is 0 Å².